The number of pyridine rings is 1. The fourth-order valence-corrected chi connectivity index (χ4v) is 7.59. The summed E-state index contributed by atoms with van der Waals surface area (Å²) < 4.78 is 44.4. The molecule has 1 saturated heterocycles. The van der Waals surface area contributed by atoms with Crippen LogP contribution in [0.25, 0.3) is 10.8 Å². The van der Waals surface area contributed by atoms with E-state index < -0.39 is 16.1 Å². The Labute approximate surface area is 339 Å². The number of likely N-dealkylation sites (tertiary alicyclic amines) is 1. The average Bonchev–Trinajstić information content (AvgIpc) is 3.59. The molecule has 4 aromatic carbocycles. The van der Waals surface area contributed by atoms with Crippen LogP contribution < -0.4 is 29.6 Å². The lowest BCUT2D eigenvalue weighted by molar-refractivity contribution is 0.0972. The van der Waals surface area contributed by atoms with Gasteiger partial charge in [-0.3, -0.25) is 14.5 Å². The second kappa shape index (κ2) is 17.8. The van der Waals surface area contributed by atoms with Crippen LogP contribution >= 0.6 is 0 Å². The maximum Gasteiger partial charge on any atom is 0.323 e. The van der Waals surface area contributed by atoms with E-state index in [1.54, 1.807) is 43.6 Å². The topological polar surface area (TPSA) is 168 Å². The molecule has 2 amide bonds. The number of aliphatic hydroxyl groups excluding tert-OH is 1. The molecule has 0 aliphatic carbocycles. The minimum absolute atomic E-state index is 0.0231. The number of methoxy groups -OCH3 is 2. The van der Waals surface area contributed by atoms with Crippen LogP contribution in [0.1, 0.15) is 67.2 Å². The quantitative estimate of drug-likeness (QED) is 0.0762. The van der Waals surface area contributed by atoms with Gasteiger partial charge in [0.25, 0.3) is 0 Å². The number of ketones is 1. The number of anilines is 3. The van der Waals surface area contributed by atoms with Crippen molar-refractivity contribution in [1.82, 2.24) is 9.88 Å². The number of β-amino-alcohol motifs (C(OH)–C–C–N with tert-alkyl or cyclic N) is 1. The molecule has 6 rings (SSSR count). The van der Waals surface area contributed by atoms with E-state index >= 15 is 0 Å². The molecule has 58 heavy (non-hydrogen) atoms. The van der Waals surface area contributed by atoms with Crippen LogP contribution in [-0.4, -0.2) is 81.4 Å². The van der Waals surface area contributed by atoms with Crippen LogP contribution in [0, 0.1) is 0 Å². The van der Waals surface area contributed by atoms with Gasteiger partial charge in [0, 0.05) is 54.7 Å². The summed E-state index contributed by atoms with van der Waals surface area (Å²) in [6, 6.07) is 23.2. The van der Waals surface area contributed by atoms with Gasteiger partial charge in [0.2, 0.25) is 10.0 Å². The fourth-order valence-electron chi connectivity index (χ4n) is 7.04. The maximum absolute atomic E-state index is 13.5. The Morgan fingerprint density at radius 1 is 0.897 bits per heavy atom. The Hall–Kier alpha value is -5.70. The summed E-state index contributed by atoms with van der Waals surface area (Å²) in [4.78, 5) is 33.3. The van der Waals surface area contributed by atoms with Crippen molar-refractivity contribution >= 4 is 49.7 Å². The first kappa shape index (κ1) is 41.9. The number of amides is 2. The van der Waals surface area contributed by atoms with Crippen LogP contribution in [0.5, 0.6) is 23.0 Å². The molecule has 13 nitrogen and oxygen atoms in total. The van der Waals surface area contributed by atoms with Crippen LogP contribution in [0.15, 0.2) is 85.1 Å². The Morgan fingerprint density at radius 3 is 2.33 bits per heavy atom. The minimum Gasteiger partial charge on any atom is -0.496 e. The van der Waals surface area contributed by atoms with Crippen molar-refractivity contribution in [3.05, 3.63) is 107 Å². The van der Waals surface area contributed by atoms with Gasteiger partial charge in [-0.1, -0.05) is 51.1 Å². The largest absolute Gasteiger partial charge is 0.496 e. The lowest BCUT2D eigenvalue weighted by Gasteiger charge is -2.24. The molecule has 1 aromatic heterocycles. The van der Waals surface area contributed by atoms with Gasteiger partial charge in [0.15, 0.2) is 11.5 Å². The predicted octanol–water partition coefficient (Wildman–Crippen LogP) is 7.98. The highest BCUT2D eigenvalue weighted by atomic mass is 32.2. The number of carbonyl (C=O) groups excluding carboxylic acids is 2. The number of hydrogen-bond donors (Lipinski definition) is 4. The average molecular weight is 810 g/mol. The summed E-state index contributed by atoms with van der Waals surface area (Å²) >= 11 is 0. The van der Waals surface area contributed by atoms with E-state index in [0.717, 1.165) is 59.8 Å². The number of benzene rings is 4. The first-order chi connectivity index (χ1) is 27.6. The third-order valence-electron chi connectivity index (χ3n) is 9.93. The zero-order valence-corrected chi connectivity index (χ0v) is 34.5. The molecule has 1 atom stereocenters. The molecule has 0 radical (unpaired) electrons. The number of aliphatic hydroxyl groups is 1. The van der Waals surface area contributed by atoms with E-state index in [1.807, 2.05) is 69.3 Å². The zero-order valence-electron chi connectivity index (χ0n) is 33.7. The lowest BCUT2D eigenvalue weighted by Crippen LogP contribution is -2.23. The van der Waals surface area contributed by atoms with Crippen molar-refractivity contribution in [1.29, 1.82) is 0 Å². The van der Waals surface area contributed by atoms with E-state index in [4.69, 9.17) is 14.2 Å². The van der Waals surface area contributed by atoms with Crippen molar-refractivity contribution in [2.24, 2.45) is 0 Å². The van der Waals surface area contributed by atoms with E-state index in [2.05, 4.69) is 25.2 Å². The second-order valence-corrected chi connectivity index (χ2v) is 17.3. The molecule has 0 saturated carbocycles. The molecular formula is C44H51N5O8S. The number of hydrogen-bond acceptors (Lipinski definition) is 10. The molecule has 0 spiro atoms. The highest BCUT2D eigenvalue weighted by Gasteiger charge is 2.23. The minimum atomic E-state index is -3.64. The van der Waals surface area contributed by atoms with E-state index in [1.165, 1.54) is 7.11 Å². The van der Waals surface area contributed by atoms with Gasteiger partial charge in [-0.15, -0.1) is 0 Å². The maximum atomic E-state index is 13.5. The third-order valence-corrected chi connectivity index (χ3v) is 10.5. The number of urea groups is 1. The molecule has 0 unspecified atom stereocenters. The van der Waals surface area contributed by atoms with E-state index in [0.29, 0.717) is 53.6 Å². The number of sulfonamides is 1. The van der Waals surface area contributed by atoms with Gasteiger partial charge in [0.1, 0.15) is 17.2 Å². The summed E-state index contributed by atoms with van der Waals surface area (Å²) in [6.45, 7) is 8.26. The summed E-state index contributed by atoms with van der Waals surface area (Å²) in [7, 11) is -0.671. The normalized spacial score (nSPS) is 14.6. The number of ether oxygens (including phenoxy) is 3. The Balaban J connectivity index is 1.15. The molecule has 306 valence electrons. The Kier molecular flexibility index (Phi) is 12.9. The third kappa shape index (κ3) is 10.6. The smallest absolute Gasteiger partial charge is 0.323 e. The van der Waals surface area contributed by atoms with Gasteiger partial charge in [0.05, 0.1) is 49.2 Å². The molecule has 1 aliphatic rings. The number of rotatable bonds is 15. The molecule has 1 aliphatic heterocycles. The van der Waals surface area contributed by atoms with Crippen molar-refractivity contribution in [3.8, 4) is 23.0 Å². The van der Waals surface area contributed by atoms with Crippen molar-refractivity contribution in [2.75, 3.05) is 55.5 Å². The summed E-state index contributed by atoms with van der Waals surface area (Å²) in [5.74, 6) is 1.86. The summed E-state index contributed by atoms with van der Waals surface area (Å²) in [6.07, 6.45) is 4.84. The van der Waals surface area contributed by atoms with Gasteiger partial charge < -0.3 is 34.9 Å². The molecular weight excluding hydrogens is 759 g/mol. The monoisotopic (exact) mass is 809 g/mol. The van der Waals surface area contributed by atoms with Gasteiger partial charge in [-0.05, 0) is 78.4 Å². The van der Waals surface area contributed by atoms with Crippen molar-refractivity contribution in [2.45, 2.75) is 58.0 Å². The summed E-state index contributed by atoms with van der Waals surface area (Å²) in [5.41, 5.74) is 3.68. The highest BCUT2D eigenvalue weighted by Crippen LogP contribution is 2.40. The molecule has 0 bridgehead atoms. The predicted molar refractivity (Wildman–Crippen MR) is 227 cm³/mol. The number of Topliss-reactive ketones (excluding diaryl/α,β-unsaturated/α-hetero) is 1. The number of carbonyl (C=O) groups is 2. The molecule has 5 aromatic rings. The number of aromatic nitrogens is 1. The first-order valence-electron chi connectivity index (χ1n) is 19.1. The first-order valence-corrected chi connectivity index (χ1v) is 21.0. The Bertz CT molecular complexity index is 2410. The Morgan fingerprint density at radius 2 is 1.64 bits per heavy atom. The zero-order chi connectivity index (χ0) is 41.6. The van der Waals surface area contributed by atoms with Gasteiger partial charge >= 0.3 is 6.03 Å². The molecule has 14 heteroatoms. The van der Waals surface area contributed by atoms with Crippen LogP contribution in [0.2, 0.25) is 0 Å². The fraction of sp³-hybridized carbons (Fsp3) is 0.341. The molecule has 1 fully saturated rings. The van der Waals surface area contributed by atoms with Crippen molar-refractivity contribution in [3.63, 3.8) is 0 Å². The van der Waals surface area contributed by atoms with Crippen molar-refractivity contribution < 1.29 is 37.3 Å². The van der Waals surface area contributed by atoms with E-state index in [9.17, 15) is 23.1 Å². The van der Waals surface area contributed by atoms with Crippen LogP contribution in [0.4, 0.5) is 21.9 Å². The van der Waals surface area contributed by atoms with E-state index in [-0.39, 0.29) is 28.7 Å². The van der Waals surface area contributed by atoms with Crippen LogP contribution in [0.3, 0.4) is 0 Å². The van der Waals surface area contributed by atoms with Gasteiger partial charge in [-0.2, -0.15) is 0 Å². The molecule has 4 N–H and O–H groups in total. The standard InChI is InChI=1S/C44H51N5O8S/c1-44(2,3)29-24-37(42(56-5)38(25-29)48-58(6,53)54)47-43(52)46-36-15-16-40(34-11-8-7-10-33(34)36)57-32-17-19-45-30(26-32)22-28-13-14-35(41(23-28)55-4)39(51)12-9-20-49-21-18-31(50)27-49/h7-8,10-11,13-17,19,23-26,31,48,50H,9,12,18,20-22,27H2,1-6H3,(H2,46,47,52)/t31-/m1/s1. The number of fused-ring (bicyclic) bond motifs is 1. The summed E-state index contributed by atoms with van der Waals surface area (Å²) in [5, 5.41) is 17.0. The lowest BCUT2D eigenvalue weighted by atomic mass is 9.86. The van der Waals surface area contributed by atoms with Crippen LogP contribution in [-0.2, 0) is 21.9 Å². The number of nitrogens with zero attached hydrogens (tertiary/aromatic N) is 2. The highest BCUT2D eigenvalue weighted by molar-refractivity contribution is 7.92. The number of nitrogens with one attached hydrogen (secondary N) is 3. The SMILES string of the molecule is COc1cc(Cc2cc(Oc3ccc(NC(=O)Nc4cc(C(C)(C)C)cc(NS(C)(=O)=O)c4OC)c4ccccc34)ccn2)ccc1C(=O)CCCN1CC[C@@H](O)C1. The van der Waals surface area contributed by atoms with Gasteiger partial charge in [-0.25, -0.2) is 13.2 Å². The second-order valence-electron chi connectivity index (χ2n) is 15.5. The molecule has 2 heterocycles.